The molecule has 0 amide bonds. The molecule has 1 unspecified atom stereocenters. The van der Waals surface area contributed by atoms with Crippen molar-refractivity contribution in [3.8, 4) is 0 Å². The number of rotatable bonds is 8. The van der Waals surface area contributed by atoms with E-state index < -0.39 is 19.9 Å². The minimum atomic E-state index is -3.49. The first-order chi connectivity index (χ1) is 18.5. The molecule has 0 heterocycles. The van der Waals surface area contributed by atoms with Crippen LogP contribution in [-0.4, -0.2) is 0 Å². The predicted molar refractivity (Wildman–Crippen MR) is 163 cm³/mol. The summed E-state index contributed by atoms with van der Waals surface area (Å²) in [6, 6.07) is 45.0. The van der Waals surface area contributed by atoms with Crippen LogP contribution < -0.4 is 21.2 Å². The van der Waals surface area contributed by atoms with Crippen LogP contribution in [-0.2, 0) is 9.13 Å². The molecule has 0 saturated carbocycles. The van der Waals surface area contributed by atoms with Crippen LogP contribution in [0.1, 0.15) is 11.2 Å². The summed E-state index contributed by atoms with van der Waals surface area (Å²) in [6.07, 6.45) is 0. The molecular weight excluding hydrogens is 526 g/mol. The van der Waals surface area contributed by atoms with Crippen LogP contribution in [0.5, 0.6) is 0 Å². The van der Waals surface area contributed by atoms with Crippen molar-refractivity contribution in [2.75, 3.05) is 0 Å². The van der Waals surface area contributed by atoms with Crippen LogP contribution in [0.2, 0.25) is 5.02 Å². The highest BCUT2D eigenvalue weighted by Gasteiger charge is 2.46. The smallest absolute Gasteiger partial charge is 0.167 e. The minimum absolute atomic E-state index is 0.424. The highest BCUT2D eigenvalue weighted by Crippen LogP contribution is 2.68. The summed E-state index contributed by atoms with van der Waals surface area (Å²) in [5.41, 5.74) is -0.0154. The first kappa shape index (κ1) is 26.2. The topological polar surface area (TPSA) is 34.1 Å². The van der Waals surface area contributed by atoms with Crippen LogP contribution in [0.4, 0.5) is 0 Å². The summed E-state index contributed by atoms with van der Waals surface area (Å²) in [4.78, 5) is 0. The summed E-state index contributed by atoms with van der Waals surface area (Å²) < 4.78 is 31.2. The van der Waals surface area contributed by atoms with Gasteiger partial charge in [0, 0.05) is 31.6 Å². The number of allylic oxidation sites excluding steroid dienone is 1. The summed E-state index contributed by atoms with van der Waals surface area (Å²) in [7, 11) is -6.97. The van der Waals surface area contributed by atoms with Crippen molar-refractivity contribution in [1.82, 2.24) is 0 Å². The second-order valence-electron chi connectivity index (χ2n) is 9.05. The third-order valence-corrected chi connectivity index (χ3v) is 13.8. The normalized spacial score (nSPS) is 12.6. The number of benzene rings is 5. The van der Waals surface area contributed by atoms with E-state index in [4.69, 9.17) is 11.6 Å². The van der Waals surface area contributed by atoms with E-state index in [9.17, 15) is 0 Å². The van der Waals surface area contributed by atoms with Crippen molar-refractivity contribution in [3.63, 3.8) is 0 Å². The van der Waals surface area contributed by atoms with Gasteiger partial charge in [0.05, 0.1) is 5.66 Å². The van der Waals surface area contributed by atoms with Crippen LogP contribution in [0.15, 0.2) is 157 Å². The standard InChI is InChI=1S/C33H27ClO2P2/c1-26(37(35,29-14-6-2-7-15-29)30-16-8-3-9-17-30)33(27-22-24-28(34)25-23-27)38(36,31-18-10-4-11-19-31)32-20-12-5-13-21-32/h2-25,33H,1H2. The molecule has 0 aliphatic heterocycles. The first-order valence-electron chi connectivity index (χ1n) is 12.3. The highest BCUT2D eigenvalue weighted by atomic mass is 35.5. The molecule has 2 nitrogen and oxygen atoms in total. The van der Waals surface area contributed by atoms with Crippen LogP contribution in [0, 0.1) is 0 Å². The maximum Gasteiger partial charge on any atom is 0.167 e. The van der Waals surface area contributed by atoms with E-state index >= 15 is 9.13 Å². The first-order valence-corrected chi connectivity index (χ1v) is 16.2. The lowest BCUT2D eigenvalue weighted by atomic mass is 10.1. The lowest BCUT2D eigenvalue weighted by Gasteiger charge is -2.34. The van der Waals surface area contributed by atoms with E-state index in [2.05, 4.69) is 6.58 Å². The van der Waals surface area contributed by atoms with Crippen molar-refractivity contribution < 1.29 is 9.13 Å². The second kappa shape index (κ2) is 11.1. The summed E-state index contributed by atoms with van der Waals surface area (Å²) in [5, 5.41) is 3.67. The quantitative estimate of drug-likeness (QED) is 0.183. The summed E-state index contributed by atoms with van der Waals surface area (Å²) >= 11 is 6.28. The average molecular weight is 553 g/mol. The molecule has 0 fully saturated rings. The summed E-state index contributed by atoms with van der Waals surface area (Å²) in [5.74, 6) is 0. The maximum absolute atomic E-state index is 15.7. The Morgan fingerprint density at radius 1 is 0.526 bits per heavy atom. The van der Waals surface area contributed by atoms with Crippen molar-refractivity contribution in [2.24, 2.45) is 0 Å². The molecule has 0 saturated heterocycles. The van der Waals surface area contributed by atoms with Gasteiger partial charge in [-0.2, -0.15) is 0 Å². The fraction of sp³-hybridized carbons (Fsp3) is 0.0303. The van der Waals surface area contributed by atoms with Crippen molar-refractivity contribution in [1.29, 1.82) is 0 Å². The number of hydrogen-bond donors (Lipinski definition) is 0. The molecule has 0 radical (unpaired) electrons. The molecule has 0 aromatic heterocycles. The molecule has 0 spiro atoms. The van der Waals surface area contributed by atoms with Gasteiger partial charge in [0.15, 0.2) is 14.3 Å². The third-order valence-electron chi connectivity index (χ3n) is 6.79. The molecule has 0 bridgehead atoms. The molecule has 0 N–H and O–H groups in total. The van der Waals surface area contributed by atoms with E-state index in [1.54, 1.807) is 12.1 Å². The van der Waals surface area contributed by atoms with Crippen molar-refractivity contribution >= 4 is 47.1 Å². The molecule has 5 rings (SSSR count). The maximum atomic E-state index is 15.7. The number of halogens is 1. The lowest BCUT2D eigenvalue weighted by Crippen LogP contribution is -2.26. The van der Waals surface area contributed by atoms with Crippen LogP contribution in [0.25, 0.3) is 0 Å². The van der Waals surface area contributed by atoms with Gasteiger partial charge in [0.2, 0.25) is 0 Å². The molecule has 38 heavy (non-hydrogen) atoms. The Hall–Kier alpha value is -3.41. The molecule has 5 aromatic rings. The zero-order valence-corrected chi connectivity index (χ0v) is 23.3. The van der Waals surface area contributed by atoms with E-state index in [-0.39, 0.29) is 0 Å². The van der Waals surface area contributed by atoms with E-state index in [1.807, 2.05) is 133 Å². The van der Waals surface area contributed by atoms with Gasteiger partial charge in [-0.25, -0.2) is 0 Å². The Morgan fingerprint density at radius 2 is 0.868 bits per heavy atom. The van der Waals surface area contributed by atoms with E-state index in [1.165, 1.54) is 0 Å². The van der Waals surface area contributed by atoms with Crippen molar-refractivity contribution in [2.45, 2.75) is 5.66 Å². The van der Waals surface area contributed by atoms with Gasteiger partial charge >= 0.3 is 0 Å². The molecule has 5 heteroatoms. The van der Waals surface area contributed by atoms with Gasteiger partial charge in [-0.3, -0.25) is 0 Å². The summed E-state index contributed by atoms with van der Waals surface area (Å²) in [6.45, 7) is 4.53. The lowest BCUT2D eigenvalue weighted by molar-refractivity contribution is 0.579. The monoisotopic (exact) mass is 552 g/mol. The predicted octanol–water partition coefficient (Wildman–Crippen LogP) is 7.92. The molecule has 1 atom stereocenters. The second-order valence-corrected chi connectivity index (χ2v) is 15.2. The van der Waals surface area contributed by atoms with Gasteiger partial charge < -0.3 is 9.13 Å². The van der Waals surface area contributed by atoms with E-state index in [0.29, 0.717) is 31.6 Å². The highest BCUT2D eigenvalue weighted by molar-refractivity contribution is 7.85. The Labute approximate surface area is 229 Å². The van der Waals surface area contributed by atoms with Gasteiger partial charge in [0.25, 0.3) is 0 Å². The largest absolute Gasteiger partial charge is 0.313 e. The van der Waals surface area contributed by atoms with E-state index in [0.717, 1.165) is 5.56 Å². The SMILES string of the molecule is C=C(C(c1ccc(Cl)cc1)P(=O)(c1ccccc1)c1ccccc1)P(=O)(c1ccccc1)c1ccccc1. The van der Waals surface area contributed by atoms with Gasteiger partial charge in [-0.05, 0) is 17.7 Å². The zero-order valence-electron chi connectivity index (χ0n) is 20.7. The van der Waals surface area contributed by atoms with Crippen molar-refractivity contribution in [3.05, 3.63) is 168 Å². The fourth-order valence-corrected chi connectivity index (χ4v) is 11.8. The molecule has 0 aliphatic carbocycles. The zero-order chi connectivity index (χ0) is 26.6. The molecular formula is C33H27ClO2P2. The van der Waals surface area contributed by atoms with Gasteiger partial charge in [0.1, 0.15) is 0 Å². The molecule has 5 aromatic carbocycles. The fourth-order valence-electron chi connectivity index (χ4n) is 4.93. The molecule has 188 valence electrons. The number of hydrogen-bond acceptors (Lipinski definition) is 2. The van der Waals surface area contributed by atoms with Gasteiger partial charge in [-0.1, -0.05) is 152 Å². The Morgan fingerprint density at radius 3 is 1.24 bits per heavy atom. The molecule has 0 aliphatic rings. The minimum Gasteiger partial charge on any atom is -0.313 e. The Kier molecular flexibility index (Phi) is 7.68. The van der Waals surface area contributed by atoms with Crippen LogP contribution >= 0.6 is 25.9 Å². The van der Waals surface area contributed by atoms with Crippen LogP contribution in [0.3, 0.4) is 0 Å². The van der Waals surface area contributed by atoms with Gasteiger partial charge in [-0.15, -0.1) is 0 Å². The third kappa shape index (κ3) is 4.77. The Bertz CT molecular complexity index is 1530. The average Bonchev–Trinajstić information content (AvgIpc) is 2.99. The Balaban J connectivity index is 1.85.